The van der Waals surface area contributed by atoms with Gasteiger partial charge in [-0.05, 0) is 61.5 Å². The minimum atomic E-state index is -0.764. The summed E-state index contributed by atoms with van der Waals surface area (Å²) in [5, 5.41) is 20.0. The van der Waals surface area contributed by atoms with E-state index >= 15 is 0 Å². The molecule has 212 valence electrons. The molecule has 3 heterocycles. The molecular weight excluding hydrogens is 560 g/mol. The predicted molar refractivity (Wildman–Crippen MR) is 174 cm³/mol. The molecule has 2 aromatic heterocycles. The van der Waals surface area contributed by atoms with Crippen molar-refractivity contribution in [1.82, 2.24) is 9.13 Å². The first-order chi connectivity index (χ1) is 20.9. The molecule has 0 aliphatic carbocycles. The summed E-state index contributed by atoms with van der Waals surface area (Å²) < 4.78 is 4.03. The summed E-state index contributed by atoms with van der Waals surface area (Å²) in [5.74, 6) is -0.228. The number of aliphatic hydroxyl groups is 1. The van der Waals surface area contributed by atoms with Gasteiger partial charge in [0.05, 0.1) is 47.2 Å². The molecule has 0 fully saturated rings. The van der Waals surface area contributed by atoms with Gasteiger partial charge in [-0.2, -0.15) is 10.1 Å². The van der Waals surface area contributed by atoms with Crippen LogP contribution in [-0.2, 0) is 17.9 Å². The second kappa shape index (κ2) is 10.7. The van der Waals surface area contributed by atoms with E-state index in [0.29, 0.717) is 45.9 Å². The lowest BCUT2D eigenvalue weighted by Gasteiger charge is -2.19. The minimum absolute atomic E-state index is 0.0137. The Balaban J connectivity index is 1.23. The molecule has 7 nitrogen and oxygen atoms in total. The van der Waals surface area contributed by atoms with E-state index in [1.54, 1.807) is 24.3 Å². The topological polar surface area (TPSA) is 79.8 Å². The van der Waals surface area contributed by atoms with E-state index < -0.39 is 6.10 Å². The first-order valence-corrected chi connectivity index (χ1v) is 14.4. The van der Waals surface area contributed by atoms with Crippen LogP contribution in [0, 0.1) is 0 Å². The van der Waals surface area contributed by atoms with Gasteiger partial charge in [0, 0.05) is 38.5 Å². The van der Waals surface area contributed by atoms with Crippen molar-refractivity contribution in [2.75, 3.05) is 5.01 Å². The van der Waals surface area contributed by atoms with Gasteiger partial charge in [-0.15, -0.1) is 0 Å². The fraction of sp³-hybridized carbons (Fsp3) is 0.114. The summed E-state index contributed by atoms with van der Waals surface area (Å²) in [7, 11) is 0. The van der Waals surface area contributed by atoms with Gasteiger partial charge in [-0.3, -0.25) is 9.59 Å². The number of hydrazone groups is 1. The Kier molecular flexibility index (Phi) is 6.69. The highest BCUT2D eigenvalue weighted by atomic mass is 35.5. The number of hydrogen-bond donors (Lipinski definition) is 1. The van der Waals surface area contributed by atoms with Crippen LogP contribution < -0.4 is 10.4 Å². The number of amides is 1. The lowest BCUT2D eigenvalue weighted by molar-refractivity contribution is -0.114. The van der Waals surface area contributed by atoms with Crippen molar-refractivity contribution in [3.05, 3.63) is 130 Å². The molecule has 0 unspecified atom stereocenters. The van der Waals surface area contributed by atoms with E-state index in [2.05, 4.69) is 5.10 Å². The molecule has 6 aromatic rings. The fourth-order valence-electron chi connectivity index (χ4n) is 5.93. The van der Waals surface area contributed by atoms with Crippen LogP contribution in [0.1, 0.15) is 12.5 Å². The van der Waals surface area contributed by atoms with Gasteiger partial charge in [-0.25, -0.2) is 0 Å². The summed E-state index contributed by atoms with van der Waals surface area (Å²) in [4.78, 5) is 26.6. The third kappa shape index (κ3) is 4.73. The SMILES string of the molecule is CC1=NN(c2cccc(Cl)c2)C(=O)/C1=C\c1cn(C[C@@H](O)Cn2c3ccccc3c(=O)c3ccccc32)c2ccccc12. The highest BCUT2D eigenvalue weighted by Gasteiger charge is 2.29. The first kappa shape index (κ1) is 26.9. The largest absolute Gasteiger partial charge is 0.389 e. The molecule has 0 saturated heterocycles. The van der Waals surface area contributed by atoms with Crippen LogP contribution in [0.15, 0.2) is 119 Å². The van der Waals surface area contributed by atoms with E-state index in [4.69, 9.17) is 11.6 Å². The van der Waals surface area contributed by atoms with Crippen molar-refractivity contribution >= 4 is 67.7 Å². The zero-order chi connectivity index (χ0) is 29.7. The molecule has 1 atom stereocenters. The second-order valence-corrected chi connectivity index (χ2v) is 11.2. The van der Waals surface area contributed by atoms with Crippen LogP contribution >= 0.6 is 11.6 Å². The average Bonchev–Trinajstić information content (AvgIpc) is 3.51. The molecule has 1 amide bonds. The number of para-hydroxylation sites is 3. The van der Waals surface area contributed by atoms with Crippen LogP contribution in [0.3, 0.4) is 0 Å². The number of rotatable bonds is 6. The van der Waals surface area contributed by atoms with E-state index in [1.807, 2.05) is 101 Å². The summed E-state index contributed by atoms with van der Waals surface area (Å²) in [5.41, 5.74) is 5.06. The van der Waals surface area contributed by atoms with Crippen LogP contribution in [0.4, 0.5) is 5.69 Å². The predicted octanol–water partition coefficient (Wildman–Crippen LogP) is 6.63. The second-order valence-electron chi connectivity index (χ2n) is 10.7. The van der Waals surface area contributed by atoms with E-state index in [1.165, 1.54) is 5.01 Å². The molecule has 0 saturated carbocycles. The fourth-order valence-corrected chi connectivity index (χ4v) is 6.12. The maximum Gasteiger partial charge on any atom is 0.280 e. The number of fused-ring (bicyclic) bond motifs is 3. The third-order valence-electron chi connectivity index (χ3n) is 7.91. The van der Waals surface area contributed by atoms with Crippen molar-refractivity contribution in [3.8, 4) is 0 Å². The average molecular weight is 587 g/mol. The Hall–Kier alpha value is -4.98. The zero-order valence-electron chi connectivity index (χ0n) is 23.3. The van der Waals surface area contributed by atoms with Crippen molar-refractivity contribution in [2.45, 2.75) is 26.1 Å². The van der Waals surface area contributed by atoms with Crippen LogP contribution in [-0.4, -0.2) is 32.0 Å². The Morgan fingerprint density at radius 2 is 1.44 bits per heavy atom. The number of anilines is 1. The monoisotopic (exact) mass is 586 g/mol. The molecule has 4 aromatic carbocycles. The van der Waals surface area contributed by atoms with Gasteiger partial charge >= 0.3 is 0 Å². The van der Waals surface area contributed by atoms with Gasteiger partial charge in [0.2, 0.25) is 0 Å². The van der Waals surface area contributed by atoms with Crippen molar-refractivity contribution in [2.24, 2.45) is 5.10 Å². The standard InChI is InChI=1S/C35H27ClN4O3/c1-22-30(35(43)40(37-22)25-10-8-9-24(36)18-25)17-23-19-38(31-14-5-2-11-27(23)31)20-26(41)21-39-32-15-6-3-12-28(32)34(42)29-13-4-7-16-33(29)39/h2-19,26,41H,20-21H2,1H3/b30-17-/t26-/m1/s1. The molecule has 1 N–H and O–H groups in total. The number of halogens is 1. The molecule has 43 heavy (non-hydrogen) atoms. The van der Waals surface area contributed by atoms with Crippen molar-refractivity contribution < 1.29 is 9.90 Å². The molecular formula is C35H27ClN4O3. The molecule has 7 rings (SSSR count). The quantitative estimate of drug-likeness (QED) is 0.176. The molecule has 1 aliphatic heterocycles. The number of carbonyl (C=O) groups is 1. The van der Waals surface area contributed by atoms with E-state index in [0.717, 1.165) is 27.5 Å². The van der Waals surface area contributed by atoms with Crippen LogP contribution in [0.2, 0.25) is 5.02 Å². The zero-order valence-corrected chi connectivity index (χ0v) is 24.1. The summed E-state index contributed by atoms with van der Waals surface area (Å²) in [6, 6.07) is 30.0. The van der Waals surface area contributed by atoms with Gasteiger partial charge in [0.25, 0.3) is 5.91 Å². The van der Waals surface area contributed by atoms with Crippen molar-refractivity contribution in [3.63, 3.8) is 0 Å². The van der Waals surface area contributed by atoms with Crippen molar-refractivity contribution in [1.29, 1.82) is 0 Å². The third-order valence-corrected chi connectivity index (χ3v) is 8.15. The van der Waals surface area contributed by atoms with Gasteiger partial charge < -0.3 is 14.2 Å². The Morgan fingerprint density at radius 1 is 0.814 bits per heavy atom. The molecule has 0 radical (unpaired) electrons. The Morgan fingerprint density at radius 3 is 2.12 bits per heavy atom. The van der Waals surface area contributed by atoms with Gasteiger partial charge in [-0.1, -0.05) is 60.1 Å². The Labute approximate surface area is 252 Å². The summed E-state index contributed by atoms with van der Waals surface area (Å²) >= 11 is 6.16. The van der Waals surface area contributed by atoms with E-state index in [9.17, 15) is 14.7 Å². The van der Waals surface area contributed by atoms with Crippen LogP contribution in [0.25, 0.3) is 38.8 Å². The molecule has 0 spiro atoms. The minimum Gasteiger partial charge on any atom is -0.389 e. The van der Waals surface area contributed by atoms with Gasteiger partial charge in [0.15, 0.2) is 5.43 Å². The number of aliphatic hydroxyl groups excluding tert-OH is 1. The highest BCUT2D eigenvalue weighted by Crippen LogP contribution is 2.30. The lowest BCUT2D eigenvalue weighted by Crippen LogP contribution is -2.23. The summed E-state index contributed by atoms with van der Waals surface area (Å²) in [6.45, 7) is 2.42. The number of hydrogen-bond acceptors (Lipinski definition) is 4. The molecule has 8 heteroatoms. The number of aromatic nitrogens is 2. The number of benzene rings is 4. The lowest BCUT2D eigenvalue weighted by atomic mass is 10.1. The van der Waals surface area contributed by atoms with Crippen LogP contribution in [0.5, 0.6) is 0 Å². The normalized spacial score (nSPS) is 15.2. The highest BCUT2D eigenvalue weighted by molar-refractivity contribution is 6.33. The maximum absolute atomic E-state index is 13.4. The first-order valence-electron chi connectivity index (χ1n) is 14.0. The Bertz CT molecular complexity index is 2130. The molecule has 0 bridgehead atoms. The number of carbonyl (C=O) groups excluding carboxylic acids is 1. The van der Waals surface area contributed by atoms with E-state index in [-0.39, 0.29) is 11.3 Å². The summed E-state index contributed by atoms with van der Waals surface area (Å²) in [6.07, 6.45) is 3.06. The van der Waals surface area contributed by atoms with Gasteiger partial charge in [0.1, 0.15) is 0 Å². The number of pyridine rings is 1. The number of nitrogens with zero attached hydrogens (tertiary/aromatic N) is 4. The smallest absolute Gasteiger partial charge is 0.280 e. The molecule has 1 aliphatic rings. The maximum atomic E-state index is 13.4.